The van der Waals surface area contributed by atoms with Crippen molar-refractivity contribution in [3.8, 4) is 0 Å². The molecule has 1 aromatic rings. The van der Waals surface area contributed by atoms with Crippen LogP contribution in [0.5, 0.6) is 0 Å². The molecule has 0 amide bonds. The Labute approximate surface area is 135 Å². The fourth-order valence-corrected chi connectivity index (χ4v) is 2.91. The normalized spacial score (nSPS) is 19.0. The molecule has 1 aliphatic rings. The van der Waals surface area contributed by atoms with E-state index in [1.165, 1.54) is 0 Å². The molecule has 0 aliphatic carbocycles. The number of carbonyl (C=O) groups excluding carboxylic acids is 1. The molecule has 0 bridgehead atoms. The van der Waals surface area contributed by atoms with Gasteiger partial charge in [0, 0.05) is 26.2 Å². The maximum Gasteiger partial charge on any atom is 0.330 e. The van der Waals surface area contributed by atoms with Gasteiger partial charge >= 0.3 is 5.97 Å². The third kappa shape index (κ3) is 3.34. The summed E-state index contributed by atoms with van der Waals surface area (Å²) in [5, 5.41) is 4.21. The molecule has 1 unspecified atom stereocenters. The zero-order valence-electron chi connectivity index (χ0n) is 12.3. The Morgan fingerprint density at radius 1 is 1.33 bits per heavy atom. The van der Waals surface area contributed by atoms with Gasteiger partial charge in [-0.1, -0.05) is 29.3 Å². The summed E-state index contributed by atoms with van der Waals surface area (Å²) in [7, 11) is 0. The maximum absolute atomic E-state index is 12.6. The highest BCUT2D eigenvalue weighted by Crippen LogP contribution is 2.34. The summed E-state index contributed by atoms with van der Waals surface area (Å²) in [6.07, 6.45) is 0. The van der Waals surface area contributed by atoms with E-state index in [4.69, 9.17) is 27.9 Å². The van der Waals surface area contributed by atoms with E-state index in [0.717, 1.165) is 31.7 Å². The molecular weight excluding hydrogens is 311 g/mol. The van der Waals surface area contributed by atoms with E-state index in [-0.39, 0.29) is 5.97 Å². The lowest BCUT2D eigenvalue weighted by Gasteiger charge is -2.41. The topological polar surface area (TPSA) is 41.6 Å². The number of rotatable bonds is 4. The van der Waals surface area contributed by atoms with Crippen molar-refractivity contribution < 1.29 is 9.53 Å². The summed E-state index contributed by atoms with van der Waals surface area (Å²) in [6, 6.07) is 5.31. The second-order valence-corrected chi connectivity index (χ2v) is 5.97. The first-order chi connectivity index (χ1) is 10.00. The van der Waals surface area contributed by atoms with Gasteiger partial charge in [0.05, 0.1) is 16.7 Å². The van der Waals surface area contributed by atoms with Crippen LogP contribution in [0.1, 0.15) is 19.4 Å². The van der Waals surface area contributed by atoms with E-state index in [1.807, 2.05) is 19.9 Å². The van der Waals surface area contributed by atoms with Gasteiger partial charge < -0.3 is 10.1 Å². The molecule has 1 heterocycles. The smallest absolute Gasteiger partial charge is 0.330 e. The molecule has 0 radical (unpaired) electrons. The summed E-state index contributed by atoms with van der Waals surface area (Å²) < 4.78 is 5.31. The predicted molar refractivity (Wildman–Crippen MR) is 84.9 cm³/mol. The van der Waals surface area contributed by atoms with Gasteiger partial charge in [0.25, 0.3) is 0 Å². The first-order valence-electron chi connectivity index (χ1n) is 7.08. The highest BCUT2D eigenvalue weighted by molar-refractivity contribution is 6.42. The van der Waals surface area contributed by atoms with Crippen molar-refractivity contribution in [1.82, 2.24) is 10.2 Å². The minimum absolute atomic E-state index is 0.259. The number of piperazine rings is 1. The van der Waals surface area contributed by atoms with Gasteiger partial charge in [-0.3, -0.25) is 4.90 Å². The van der Waals surface area contributed by atoms with Gasteiger partial charge in [-0.2, -0.15) is 0 Å². The summed E-state index contributed by atoms with van der Waals surface area (Å²) >= 11 is 12.1. The summed E-state index contributed by atoms with van der Waals surface area (Å²) in [6.45, 7) is 7.28. The van der Waals surface area contributed by atoms with Crippen molar-refractivity contribution in [3.63, 3.8) is 0 Å². The minimum Gasteiger partial charge on any atom is -0.464 e. The molecular formula is C15H20Cl2N2O2. The molecule has 116 valence electrons. The Morgan fingerprint density at radius 2 is 2.00 bits per heavy atom. The van der Waals surface area contributed by atoms with Crippen LogP contribution in [0, 0.1) is 0 Å². The van der Waals surface area contributed by atoms with E-state index in [1.54, 1.807) is 12.1 Å². The second kappa shape index (κ2) is 6.97. The van der Waals surface area contributed by atoms with Crippen molar-refractivity contribution >= 4 is 29.2 Å². The number of halogens is 2. The summed E-state index contributed by atoms with van der Waals surface area (Å²) in [5.74, 6) is -0.259. The molecule has 1 fully saturated rings. The van der Waals surface area contributed by atoms with Crippen LogP contribution in [-0.4, -0.2) is 43.7 Å². The minimum atomic E-state index is -0.855. The van der Waals surface area contributed by atoms with Gasteiger partial charge in [0.2, 0.25) is 0 Å². The van der Waals surface area contributed by atoms with E-state index >= 15 is 0 Å². The molecule has 0 spiro atoms. The van der Waals surface area contributed by atoms with Gasteiger partial charge in [0.15, 0.2) is 0 Å². The van der Waals surface area contributed by atoms with Crippen molar-refractivity contribution in [1.29, 1.82) is 0 Å². The van der Waals surface area contributed by atoms with Crippen LogP contribution in [0.2, 0.25) is 10.0 Å². The number of hydrogen-bond donors (Lipinski definition) is 1. The molecule has 1 atom stereocenters. The molecule has 1 saturated heterocycles. The molecule has 0 aromatic heterocycles. The highest BCUT2D eigenvalue weighted by atomic mass is 35.5. The SMILES string of the molecule is CCOC(=O)C(C)(c1ccc(Cl)c(Cl)c1)N1CCNCC1. The van der Waals surface area contributed by atoms with Crippen LogP contribution in [0.25, 0.3) is 0 Å². The van der Waals surface area contributed by atoms with Gasteiger partial charge in [-0.15, -0.1) is 0 Å². The quantitative estimate of drug-likeness (QED) is 0.862. The average molecular weight is 331 g/mol. The van der Waals surface area contributed by atoms with Crippen molar-refractivity contribution in [2.24, 2.45) is 0 Å². The molecule has 1 N–H and O–H groups in total. The number of ether oxygens (including phenoxy) is 1. The molecule has 21 heavy (non-hydrogen) atoms. The lowest BCUT2D eigenvalue weighted by atomic mass is 9.89. The molecule has 1 aromatic carbocycles. The van der Waals surface area contributed by atoms with Crippen LogP contribution in [0.4, 0.5) is 0 Å². The number of nitrogens with one attached hydrogen (secondary N) is 1. The summed E-state index contributed by atoms with van der Waals surface area (Å²) in [4.78, 5) is 14.7. The third-order valence-corrected chi connectivity index (χ3v) is 4.64. The van der Waals surface area contributed by atoms with E-state index in [0.29, 0.717) is 16.7 Å². The number of nitrogens with zero attached hydrogens (tertiary/aromatic N) is 1. The van der Waals surface area contributed by atoms with Crippen LogP contribution < -0.4 is 5.32 Å². The Bertz CT molecular complexity index is 518. The fourth-order valence-electron chi connectivity index (χ4n) is 2.61. The monoisotopic (exact) mass is 330 g/mol. The first-order valence-corrected chi connectivity index (χ1v) is 7.84. The average Bonchev–Trinajstić information content (AvgIpc) is 2.50. The fraction of sp³-hybridized carbons (Fsp3) is 0.533. The third-order valence-electron chi connectivity index (χ3n) is 3.90. The van der Waals surface area contributed by atoms with E-state index < -0.39 is 5.54 Å². The molecule has 6 heteroatoms. The largest absolute Gasteiger partial charge is 0.464 e. The standard InChI is InChI=1S/C15H20Cl2N2O2/c1-3-21-14(20)15(2,19-8-6-18-7-9-19)11-4-5-12(16)13(17)10-11/h4-5,10,18H,3,6-9H2,1-2H3. The molecule has 0 saturated carbocycles. The molecule has 1 aliphatic heterocycles. The zero-order chi connectivity index (χ0) is 15.5. The van der Waals surface area contributed by atoms with Gasteiger partial charge in [-0.05, 0) is 31.5 Å². The number of carbonyl (C=O) groups is 1. The van der Waals surface area contributed by atoms with Crippen molar-refractivity contribution in [3.05, 3.63) is 33.8 Å². The Kier molecular flexibility index (Phi) is 5.49. The van der Waals surface area contributed by atoms with Gasteiger partial charge in [0.1, 0.15) is 5.54 Å². The summed E-state index contributed by atoms with van der Waals surface area (Å²) in [5.41, 5.74) is -0.0518. The lowest BCUT2D eigenvalue weighted by Crippen LogP contribution is -2.57. The maximum atomic E-state index is 12.6. The van der Waals surface area contributed by atoms with Crippen LogP contribution in [-0.2, 0) is 15.1 Å². The van der Waals surface area contributed by atoms with Crippen LogP contribution >= 0.6 is 23.2 Å². The molecule has 4 nitrogen and oxygen atoms in total. The predicted octanol–water partition coefficient (Wildman–Crippen LogP) is 2.68. The van der Waals surface area contributed by atoms with Gasteiger partial charge in [-0.25, -0.2) is 4.79 Å². The van der Waals surface area contributed by atoms with Crippen LogP contribution in [0.15, 0.2) is 18.2 Å². The van der Waals surface area contributed by atoms with E-state index in [9.17, 15) is 4.79 Å². The van der Waals surface area contributed by atoms with Crippen LogP contribution in [0.3, 0.4) is 0 Å². The first kappa shape index (κ1) is 16.6. The lowest BCUT2D eigenvalue weighted by molar-refractivity contribution is -0.158. The Balaban J connectivity index is 2.43. The Hall–Kier alpha value is -0.810. The number of benzene rings is 1. The molecule has 2 rings (SSSR count). The van der Waals surface area contributed by atoms with Crippen molar-refractivity contribution in [2.75, 3.05) is 32.8 Å². The zero-order valence-corrected chi connectivity index (χ0v) is 13.8. The number of esters is 1. The number of hydrogen-bond acceptors (Lipinski definition) is 4. The van der Waals surface area contributed by atoms with Crippen molar-refractivity contribution in [2.45, 2.75) is 19.4 Å². The highest BCUT2D eigenvalue weighted by Gasteiger charge is 2.43. The van der Waals surface area contributed by atoms with E-state index in [2.05, 4.69) is 10.2 Å². The second-order valence-electron chi connectivity index (χ2n) is 5.16. The Morgan fingerprint density at radius 3 is 2.57 bits per heavy atom.